The lowest BCUT2D eigenvalue weighted by Gasteiger charge is -2.11. The van der Waals surface area contributed by atoms with Crippen LogP contribution in [0.3, 0.4) is 0 Å². The number of aliphatic imine (C=N–C) groups is 1. The van der Waals surface area contributed by atoms with Gasteiger partial charge in [0.05, 0.1) is 29.8 Å². The smallest absolute Gasteiger partial charge is 0.0860 e. The van der Waals surface area contributed by atoms with Gasteiger partial charge < -0.3 is 0 Å². The summed E-state index contributed by atoms with van der Waals surface area (Å²) in [6.45, 7) is 0.545. The third-order valence-corrected chi connectivity index (χ3v) is 3.74. The molecule has 0 saturated heterocycles. The van der Waals surface area contributed by atoms with Crippen LogP contribution in [0.4, 0.5) is 0 Å². The minimum atomic E-state index is 0.545. The van der Waals surface area contributed by atoms with Crippen LogP contribution in [0.1, 0.15) is 16.8 Å². The quantitative estimate of drug-likeness (QED) is 0.691. The molecule has 1 aliphatic heterocycles. The molecule has 0 unspecified atom stereocenters. The van der Waals surface area contributed by atoms with Gasteiger partial charge in [0.25, 0.3) is 0 Å². The van der Waals surface area contributed by atoms with Crippen LogP contribution >= 0.6 is 11.6 Å². The van der Waals surface area contributed by atoms with Crippen LogP contribution in [0.2, 0.25) is 5.02 Å². The molecule has 5 heteroatoms. The number of hydrogen-bond acceptors (Lipinski definition) is 3. The van der Waals surface area contributed by atoms with E-state index < -0.39 is 0 Å². The molecule has 102 valence electrons. The standard InChI is InChI=1S/C16H11ClN4/c17-12-6-7-15-14(8-12)16(11-4-2-1-3-5-11)18-9-13-10-19-20-21(13)15/h1-8,10H,9H2. The van der Waals surface area contributed by atoms with Gasteiger partial charge in [-0.15, -0.1) is 5.10 Å². The van der Waals surface area contributed by atoms with Gasteiger partial charge in [-0.1, -0.05) is 47.1 Å². The minimum absolute atomic E-state index is 0.545. The molecule has 0 aliphatic carbocycles. The van der Waals surface area contributed by atoms with Crippen LogP contribution in [0.25, 0.3) is 5.69 Å². The highest BCUT2D eigenvalue weighted by atomic mass is 35.5. The van der Waals surface area contributed by atoms with Gasteiger partial charge in [-0.25, -0.2) is 4.68 Å². The fourth-order valence-electron chi connectivity index (χ4n) is 2.54. The number of rotatable bonds is 1. The third-order valence-electron chi connectivity index (χ3n) is 3.51. The maximum atomic E-state index is 6.18. The van der Waals surface area contributed by atoms with E-state index in [-0.39, 0.29) is 0 Å². The fourth-order valence-corrected chi connectivity index (χ4v) is 2.71. The topological polar surface area (TPSA) is 43.1 Å². The summed E-state index contributed by atoms with van der Waals surface area (Å²) in [5.74, 6) is 0. The summed E-state index contributed by atoms with van der Waals surface area (Å²) in [7, 11) is 0. The Kier molecular flexibility index (Phi) is 2.82. The summed E-state index contributed by atoms with van der Waals surface area (Å²) in [4.78, 5) is 4.75. The summed E-state index contributed by atoms with van der Waals surface area (Å²) >= 11 is 6.18. The van der Waals surface area contributed by atoms with Crippen molar-refractivity contribution in [3.8, 4) is 5.69 Å². The van der Waals surface area contributed by atoms with Gasteiger partial charge in [0.1, 0.15) is 0 Å². The van der Waals surface area contributed by atoms with E-state index in [0.717, 1.165) is 28.2 Å². The van der Waals surface area contributed by atoms with Crippen molar-refractivity contribution in [2.75, 3.05) is 0 Å². The number of aromatic nitrogens is 3. The molecule has 4 nitrogen and oxygen atoms in total. The minimum Gasteiger partial charge on any atom is -0.278 e. The largest absolute Gasteiger partial charge is 0.278 e. The number of halogens is 1. The molecule has 2 heterocycles. The average Bonchev–Trinajstić information content (AvgIpc) is 2.92. The molecule has 0 saturated carbocycles. The summed E-state index contributed by atoms with van der Waals surface area (Å²) in [6, 6.07) is 15.9. The molecule has 0 amide bonds. The highest BCUT2D eigenvalue weighted by Gasteiger charge is 2.19. The number of hydrogen-bond donors (Lipinski definition) is 0. The van der Waals surface area contributed by atoms with E-state index in [4.69, 9.17) is 16.6 Å². The second-order valence-electron chi connectivity index (χ2n) is 4.83. The van der Waals surface area contributed by atoms with Crippen molar-refractivity contribution in [3.05, 3.63) is 76.6 Å². The van der Waals surface area contributed by atoms with Crippen LogP contribution < -0.4 is 0 Å². The molecule has 1 aromatic heterocycles. The van der Waals surface area contributed by atoms with Crippen LogP contribution in [0, 0.1) is 0 Å². The number of nitrogens with zero attached hydrogens (tertiary/aromatic N) is 4. The average molecular weight is 295 g/mol. The predicted molar refractivity (Wildman–Crippen MR) is 82.2 cm³/mol. The Balaban J connectivity index is 2.00. The molecule has 3 aromatic rings. The second-order valence-corrected chi connectivity index (χ2v) is 5.27. The highest BCUT2D eigenvalue weighted by molar-refractivity contribution is 6.31. The Hall–Kier alpha value is -2.46. The number of fused-ring (bicyclic) bond motifs is 3. The molecule has 0 N–H and O–H groups in total. The summed E-state index contributed by atoms with van der Waals surface area (Å²) < 4.78 is 1.82. The van der Waals surface area contributed by atoms with E-state index in [2.05, 4.69) is 22.4 Å². The summed E-state index contributed by atoms with van der Waals surface area (Å²) in [5, 5.41) is 8.82. The van der Waals surface area contributed by atoms with Gasteiger partial charge >= 0.3 is 0 Å². The van der Waals surface area contributed by atoms with Gasteiger partial charge in [-0.3, -0.25) is 4.99 Å². The van der Waals surface area contributed by atoms with E-state index >= 15 is 0 Å². The van der Waals surface area contributed by atoms with Crippen molar-refractivity contribution >= 4 is 17.3 Å². The summed E-state index contributed by atoms with van der Waals surface area (Å²) in [6.07, 6.45) is 1.75. The van der Waals surface area contributed by atoms with Crippen LogP contribution in [-0.4, -0.2) is 20.7 Å². The highest BCUT2D eigenvalue weighted by Crippen LogP contribution is 2.26. The molecular formula is C16H11ClN4. The first-order valence-corrected chi connectivity index (χ1v) is 7.00. The molecule has 0 fully saturated rings. The van der Waals surface area contributed by atoms with E-state index in [0.29, 0.717) is 11.6 Å². The van der Waals surface area contributed by atoms with E-state index in [1.54, 1.807) is 6.20 Å². The van der Waals surface area contributed by atoms with E-state index in [1.807, 2.05) is 41.1 Å². The van der Waals surface area contributed by atoms with Crippen molar-refractivity contribution in [1.82, 2.24) is 15.0 Å². The fraction of sp³-hybridized carbons (Fsp3) is 0.0625. The maximum Gasteiger partial charge on any atom is 0.0860 e. The first-order valence-electron chi connectivity index (χ1n) is 6.63. The molecule has 0 radical (unpaired) electrons. The lowest BCUT2D eigenvalue weighted by Crippen LogP contribution is -2.08. The normalized spacial score (nSPS) is 13.1. The van der Waals surface area contributed by atoms with Gasteiger partial charge in [0, 0.05) is 16.1 Å². The van der Waals surface area contributed by atoms with Crippen molar-refractivity contribution in [1.29, 1.82) is 0 Å². The molecular weight excluding hydrogens is 284 g/mol. The van der Waals surface area contributed by atoms with Gasteiger partial charge in [0.2, 0.25) is 0 Å². The Labute approximate surface area is 126 Å². The molecule has 21 heavy (non-hydrogen) atoms. The van der Waals surface area contributed by atoms with Crippen LogP contribution in [0.15, 0.2) is 59.7 Å². The van der Waals surface area contributed by atoms with Crippen LogP contribution in [-0.2, 0) is 6.54 Å². The van der Waals surface area contributed by atoms with Crippen molar-refractivity contribution in [3.63, 3.8) is 0 Å². The van der Waals surface area contributed by atoms with Crippen molar-refractivity contribution in [2.24, 2.45) is 4.99 Å². The molecule has 0 spiro atoms. The van der Waals surface area contributed by atoms with Crippen molar-refractivity contribution in [2.45, 2.75) is 6.54 Å². The predicted octanol–water partition coefficient (Wildman–Crippen LogP) is 3.27. The Bertz CT molecular complexity index is 836. The van der Waals surface area contributed by atoms with Gasteiger partial charge in [-0.2, -0.15) is 0 Å². The maximum absolute atomic E-state index is 6.18. The number of benzene rings is 2. The third kappa shape index (κ3) is 2.04. The summed E-state index contributed by atoms with van der Waals surface area (Å²) in [5.41, 5.74) is 4.88. The Morgan fingerprint density at radius 2 is 1.90 bits per heavy atom. The molecule has 4 rings (SSSR count). The first-order chi connectivity index (χ1) is 10.3. The Morgan fingerprint density at radius 3 is 2.76 bits per heavy atom. The van der Waals surface area contributed by atoms with E-state index in [9.17, 15) is 0 Å². The van der Waals surface area contributed by atoms with Crippen molar-refractivity contribution < 1.29 is 0 Å². The second kappa shape index (κ2) is 4.82. The van der Waals surface area contributed by atoms with Gasteiger partial charge in [-0.05, 0) is 18.2 Å². The monoisotopic (exact) mass is 294 g/mol. The molecule has 0 bridgehead atoms. The van der Waals surface area contributed by atoms with E-state index in [1.165, 1.54) is 0 Å². The Morgan fingerprint density at radius 1 is 1.05 bits per heavy atom. The molecule has 1 aliphatic rings. The zero-order chi connectivity index (χ0) is 14.2. The first kappa shape index (κ1) is 12.3. The molecule has 2 aromatic carbocycles. The van der Waals surface area contributed by atoms with Gasteiger partial charge in [0.15, 0.2) is 0 Å². The zero-order valence-corrected chi connectivity index (χ0v) is 11.8. The van der Waals surface area contributed by atoms with Crippen LogP contribution in [0.5, 0.6) is 0 Å². The molecule has 0 atom stereocenters. The SMILES string of the molecule is Clc1ccc2c(c1)C(c1ccccc1)=NCc1cnnn1-2. The zero-order valence-electron chi connectivity index (χ0n) is 11.1. The lowest BCUT2D eigenvalue weighted by molar-refractivity contribution is 0.767. The lowest BCUT2D eigenvalue weighted by atomic mass is 10.0.